The third-order valence-corrected chi connectivity index (χ3v) is 9.55. The second-order valence-corrected chi connectivity index (χ2v) is 12.9. The van der Waals surface area contributed by atoms with Gasteiger partial charge in [-0.3, -0.25) is 0 Å². The van der Waals surface area contributed by atoms with Gasteiger partial charge < -0.3 is 4.42 Å². The quantitative estimate of drug-likeness (QED) is 0.151. The lowest BCUT2D eigenvalue weighted by molar-refractivity contribution is 0.669. The molecule has 52 heavy (non-hydrogen) atoms. The molecule has 4 heteroatoms. The Balaban J connectivity index is 1.08. The van der Waals surface area contributed by atoms with E-state index in [-0.39, 0.29) is 0 Å². The highest BCUT2D eigenvalue weighted by atomic mass is 16.3. The van der Waals surface area contributed by atoms with E-state index in [1.165, 1.54) is 16.7 Å². The zero-order chi connectivity index (χ0) is 34.9. The van der Waals surface area contributed by atoms with Crippen LogP contribution in [0.4, 0.5) is 0 Å². The van der Waals surface area contributed by atoms with E-state index in [2.05, 4.69) is 122 Å². The first-order chi connectivity index (χ1) is 25.7. The second kappa shape index (κ2) is 13.4. The van der Waals surface area contributed by atoms with E-state index >= 15 is 0 Å². The zero-order valence-electron chi connectivity index (χ0n) is 28.4. The maximum atomic E-state index is 6.17. The fourth-order valence-electron chi connectivity index (χ4n) is 6.94. The Hall–Kier alpha value is -6.91. The molecule has 0 aliphatic heterocycles. The molecule has 0 spiro atoms. The summed E-state index contributed by atoms with van der Waals surface area (Å²) in [4.78, 5) is 15.0. The van der Waals surface area contributed by atoms with Gasteiger partial charge in [-0.1, -0.05) is 158 Å². The van der Waals surface area contributed by atoms with Gasteiger partial charge in [-0.05, 0) is 69.3 Å². The molecule has 9 rings (SSSR count). The second-order valence-electron chi connectivity index (χ2n) is 12.9. The Labute approximate surface area is 302 Å². The molecular formula is C48H33N3O. The summed E-state index contributed by atoms with van der Waals surface area (Å²) in [7, 11) is 0. The fourth-order valence-corrected chi connectivity index (χ4v) is 6.94. The van der Waals surface area contributed by atoms with Crippen LogP contribution in [-0.4, -0.2) is 15.0 Å². The lowest BCUT2D eigenvalue weighted by atomic mass is 9.96. The van der Waals surface area contributed by atoms with Gasteiger partial charge in [0, 0.05) is 27.5 Å². The lowest BCUT2D eigenvalue weighted by Gasteiger charge is -2.11. The average molecular weight is 668 g/mol. The molecule has 0 amide bonds. The van der Waals surface area contributed by atoms with Crippen molar-refractivity contribution in [3.8, 4) is 45.3 Å². The van der Waals surface area contributed by atoms with Crippen molar-refractivity contribution in [2.45, 2.75) is 6.42 Å². The number of nitrogens with zero attached hydrogens (tertiary/aromatic N) is 3. The van der Waals surface area contributed by atoms with E-state index in [4.69, 9.17) is 19.4 Å². The molecule has 0 aliphatic carbocycles. The molecule has 7 aromatic carbocycles. The van der Waals surface area contributed by atoms with Crippen LogP contribution in [0.1, 0.15) is 16.7 Å². The van der Waals surface area contributed by atoms with E-state index in [0.29, 0.717) is 17.5 Å². The van der Waals surface area contributed by atoms with Crippen molar-refractivity contribution in [1.82, 2.24) is 15.0 Å². The van der Waals surface area contributed by atoms with Gasteiger partial charge in [0.15, 0.2) is 17.5 Å². The fraction of sp³-hybridized carbons (Fsp3) is 0.0208. The zero-order valence-corrected chi connectivity index (χ0v) is 28.4. The summed E-state index contributed by atoms with van der Waals surface area (Å²) in [6.45, 7) is 3.81. The van der Waals surface area contributed by atoms with Crippen molar-refractivity contribution in [2.75, 3.05) is 0 Å². The number of benzene rings is 7. The largest absolute Gasteiger partial charge is 0.456 e. The van der Waals surface area contributed by atoms with Crippen LogP contribution in [-0.2, 0) is 6.42 Å². The van der Waals surface area contributed by atoms with Gasteiger partial charge in [-0.2, -0.15) is 0 Å². The molecule has 4 nitrogen and oxygen atoms in total. The lowest BCUT2D eigenvalue weighted by Crippen LogP contribution is -2.00. The molecule has 0 saturated heterocycles. The summed E-state index contributed by atoms with van der Waals surface area (Å²) in [6, 6.07) is 54.6. The molecule has 0 bridgehead atoms. The molecule has 0 unspecified atom stereocenters. The molecule has 0 atom stereocenters. The van der Waals surface area contributed by atoms with Gasteiger partial charge in [0.1, 0.15) is 11.2 Å². The van der Waals surface area contributed by atoms with Gasteiger partial charge in [0.05, 0.1) is 0 Å². The molecule has 0 radical (unpaired) electrons. The van der Waals surface area contributed by atoms with Crippen LogP contribution < -0.4 is 0 Å². The normalized spacial score (nSPS) is 11.5. The first kappa shape index (κ1) is 31.1. The van der Waals surface area contributed by atoms with Crippen LogP contribution in [0.5, 0.6) is 0 Å². The van der Waals surface area contributed by atoms with Crippen LogP contribution in [0.2, 0.25) is 0 Å². The minimum Gasteiger partial charge on any atom is -0.456 e. The topological polar surface area (TPSA) is 51.8 Å². The molecule has 9 aromatic rings. The number of allylic oxidation sites excluding steroid dienone is 2. The van der Waals surface area contributed by atoms with Crippen LogP contribution in [0.3, 0.4) is 0 Å². The van der Waals surface area contributed by atoms with Crippen LogP contribution in [0.15, 0.2) is 181 Å². The highest BCUT2D eigenvalue weighted by Crippen LogP contribution is 2.38. The van der Waals surface area contributed by atoms with Crippen LogP contribution in [0, 0.1) is 0 Å². The maximum absolute atomic E-state index is 6.17. The molecule has 0 aliphatic rings. The standard InChI is InChI=1S/C48H33N3O/c1-2-3-12-33-13-7-8-16-36(33)29-32-21-23-35(24-22-32)47-49-46(34-14-5-4-6-15-34)50-48(51-47)40-28-26-37-30-39(27-25-38(37)31-40)41-18-11-20-44-45(41)42-17-9-10-19-43(42)52-44/h2-28,30-31H,1,29H2/b12-3-. The van der Waals surface area contributed by atoms with Gasteiger partial charge in [0.2, 0.25) is 0 Å². The summed E-state index contributed by atoms with van der Waals surface area (Å²) < 4.78 is 6.17. The Bertz CT molecular complexity index is 2780. The van der Waals surface area contributed by atoms with Crippen molar-refractivity contribution in [1.29, 1.82) is 0 Å². The Morgan fingerprint density at radius 1 is 0.519 bits per heavy atom. The summed E-state index contributed by atoms with van der Waals surface area (Å²) in [5.41, 5.74) is 10.6. The molecule has 0 saturated carbocycles. The predicted octanol–water partition coefficient (Wildman–Crippen LogP) is 12.4. The minimum atomic E-state index is 0.636. The monoisotopic (exact) mass is 667 g/mol. The number of para-hydroxylation sites is 1. The maximum Gasteiger partial charge on any atom is 0.164 e. The number of hydrogen-bond donors (Lipinski definition) is 0. The molecule has 2 aromatic heterocycles. The summed E-state index contributed by atoms with van der Waals surface area (Å²) in [5.74, 6) is 1.92. The van der Waals surface area contributed by atoms with Crippen molar-refractivity contribution in [3.05, 3.63) is 193 Å². The average Bonchev–Trinajstić information content (AvgIpc) is 3.60. The third-order valence-electron chi connectivity index (χ3n) is 9.55. The van der Waals surface area contributed by atoms with Crippen LogP contribution >= 0.6 is 0 Å². The first-order valence-electron chi connectivity index (χ1n) is 17.4. The number of rotatable bonds is 8. The number of aromatic nitrogens is 3. The minimum absolute atomic E-state index is 0.636. The van der Waals surface area contributed by atoms with Crippen molar-refractivity contribution < 1.29 is 4.42 Å². The van der Waals surface area contributed by atoms with Crippen molar-refractivity contribution in [3.63, 3.8) is 0 Å². The number of fused-ring (bicyclic) bond motifs is 4. The van der Waals surface area contributed by atoms with E-state index in [9.17, 15) is 0 Å². The number of hydrogen-bond acceptors (Lipinski definition) is 4. The van der Waals surface area contributed by atoms with Gasteiger partial charge >= 0.3 is 0 Å². The molecule has 246 valence electrons. The molecule has 0 fully saturated rings. The van der Waals surface area contributed by atoms with Gasteiger partial charge in [-0.25, -0.2) is 15.0 Å². The Morgan fingerprint density at radius 2 is 1.13 bits per heavy atom. The van der Waals surface area contributed by atoms with E-state index in [1.807, 2.05) is 54.6 Å². The third kappa shape index (κ3) is 5.97. The summed E-state index contributed by atoms with van der Waals surface area (Å²) in [5, 5.41) is 4.51. The van der Waals surface area contributed by atoms with Crippen LogP contribution in [0.25, 0.3) is 84.1 Å². The SMILES string of the molecule is C=C/C=C\c1ccccc1Cc1ccc(-c2nc(-c3ccccc3)nc(-c3ccc4cc(-c5cccc6oc7ccccc7c56)ccc4c3)n2)cc1. The van der Waals surface area contributed by atoms with E-state index in [1.54, 1.807) is 6.08 Å². The number of furan rings is 1. The van der Waals surface area contributed by atoms with Crippen molar-refractivity contribution in [2.24, 2.45) is 0 Å². The highest BCUT2D eigenvalue weighted by molar-refractivity contribution is 6.12. The Kier molecular flexibility index (Phi) is 8.03. The smallest absolute Gasteiger partial charge is 0.164 e. The first-order valence-corrected chi connectivity index (χ1v) is 17.4. The van der Waals surface area contributed by atoms with Gasteiger partial charge in [-0.15, -0.1) is 0 Å². The predicted molar refractivity (Wildman–Crippen MR) is 215 cm³/mol. The highest BCUT2D eigenvalue weighted by Gasteiger charge is 2.15. The van der Waals surface area contributed by atoms with Crippen molar-refractivity contribution >= 4 is 38.8 Å². The Morgan fingerprint density at radius 3 is 1.92 bits per heavy atom. The summed E-state index contributed by atoms with van der Waals surface area (Å²) in [6.07, 6.45) is 6.70. The van der Waals surface area contributed by atoms with E-state index in [0.717, 1.165) is 66.9 Å². The molecular weight excluding hydrogens is 635 g/mol. The molecule has 0 N–H and O–H groups in total. The summed E-state index contributed by atoms with van der Waals surface area (Å²) >= 11 is 0. The molecule has 2 heterocycles. The van der Waals surface area contributed by atoms with E-state index < -0.39 is 0 Å². The van der Waals surface area contributed by atoms with Gasteiger partial charge in [0.25, 0.3) is 0 Å².